The Morgan fingerprint density at radius 2 is 1.97 bits per heavy atom. The Kier molecular flexibility index (Phi) is 6.54. The number of likely N-dealkylation sites (N-methyl/N-ethyl adjacent to an activating group) is 1. The van der Waals surface area contributed by atoms with E-state index in [0.29, 0.717) is 11.7 Å². The van der Waals surface area contributed by atoms with E-state index in [2.05, 4.69) is 37.1 Å². The Morgan fingerprint density at radius 1 is 1.14 bits per heavy atom. The van der Waals surface area contributed by atoms with Crippen LogP contribution in [0.4, 0.5) is 5.69 Å². The first kappa shape index (κ1) is 20.0. The zero-order valence-corrected chi connectivity index (χ0v) is 17.4. The average molecular weight is 397 g/mol. The molecular weight excluding hydrogens is 364 g/mol. The normalized spacial score (nSPS) is 20.9. The average Bonchev–Trinajstić information content (AvgIpc) is 2.79. The molecule has 2 fully saturated rings. The molecule has 3 heterocycles. The Balaban J connectivity index is 1.28. The van der Waals surface area contributed by atoms with Crippen molar-refractivity contribution in [3.63, 3.8) is 0 Å². The topological polar surface area (TPSA) is 74.2 Å². The lowest BCUT2D eigenvalue weighted by Crippen LogP contribution is -2.45. The van der Waals surface area contributed by atoms with Gasteiger partial charge in [0, 0.05) is 44.6 Å². The van der Waals surface area contributed by atoms with Gasteiger partial charge in [-0.15, -0.1) is 0 Å². The molecule has 7 nitrogen and oxygen atoms in total. The fraction of sp³-hybridized carbons (Fsp3) is 0.636. The van der Waals surface area contributed by atoms with Gasteiger partial charge in [-0.2, -0.15) is 0 Å². The van der Waals surface area contributed by atoms with E-state index in [4.69, 9.17) is 0 Å². The van der Waals surface area contributed by atoms with Crippen LogP contribution in [0, 0.1) is 5.92 Å². The van der Waals surface area contributed by atoms with Gasteiger partial charge in [-0.3, -0.25) is 9.78 Å². The van der Waals surface area contributed by atoms with Crippen LogP contribution in [0.1, 0.15) is 44.9 Å². The van der Waals surface area contributed by atoms with Gasteiger partial charge in [-0.05, 0) is 38.8 Å². The molecule has 2 aromatic rings. The third-order valence-electron chi connectivity index (χ3n) is 6.43. The van der Waals surface area contributed by atoms with Crippen LogP contribution in [0.3, 0.4) is 0 Å². The van der Waals surface area contributed by atoms with Crippen molar-refractivity contribution in [2.45, 2.75) is 51.0 Å². The molecule has 29 heavy (non-hydrogen) atoms. The van der Waals surface area contributed by atoms with Crippen LogP contribution in [0.25, 0.3) is 11.2 Å². The number of aromatic nitrogens is 3. The van der Waals surface area contributed by atoms with Crippen LogP contribution in [-0.2, 0) is 4.79 Å². The molecule has 7 heteroatoms. The molecule has 1 aliphatic heterocycles. The summed E-state index contributed by atoms with van der Waals surface area (Å²) in [5.74, 6) is 0.210. The Morgan fingerprint density at radius 3 is 2.83 bits per heavy atom. The Hall–Kier alpha value is -2.28. The number of hydrogen-bond donors (Lipinski definition) is 1. The van der Waals surface area contributed by atoms with Crippen LogP contribution in [-0.4, -0.2) is 65.0 Å². The number of pyridine rings is 1. The smallest absolute Gasteiger partial charge is 0.224 e. The molecular formula is C22H32N6O. The van der Waals surface area contributed by atoms with Crippen LogP contribution in [0.2, 0.25) is 0 Å². The number of piperidine rings is 1. The van der Waals surface area contributed by atoms with E-state index in [1.165, 1.54) is 32.1 Å². The maximum Gasteiger partial charge on any atom is 0.224 e. The van der Waals surface area contributed by atoms with Gasteiger partial charge in [0.15, 0.2) is 5.65 Å². The quantitative estimate of drug-likeness (QED) is 0.809. The number of rotatable bonds is 6. The summed E-state index contributed by atoms with van der Waals surface area (Å²) in [5.41, 5.74) is 2.47. The molecule has 1 saturated carbocycles. The third-order valence-corrected chi connectivity index (χ3v) is 6.43. The molecule has 4 rings (SSSR count). The summed E-state index contributed by atoms with van der Waals surface area (Å²) in [7, 11) is 2.19. The van der Waals surface area contributed by atoms with Gasteiger partial charge in [0.25, 0.3) is 0 Å². The zero-order chi connectivity index (χ0) is 20.1. The molecule has 0 radical (unpaired) electrons. The Labute approximate surface area is 172 Å². The van der Waals surface area contributed by atoms with E-state index in [0.717, 1.165) is 50.2 Å². The minimum absolute atomic E-state index is 0.0290. The van der Waals surface area contributed by atoms with Gasteiger partial charge in [-0.1, -0.05) is 19.3 Å². The number of fused-ring (bicyclic) bond motifs is 1. The van der Waals surface area contributed by atoms with Crippen molar-refractivity contribution in [2.24, 2.45) is 5.92 Å². The van der Waals surface area contributed by atoms with E-state index in [9.17, 15) is 4.79 Å². The molecule has 2 aliphatic rings. The number of hydrogen-bond acceptors (Lipinski definition) is 6. The molecule has 0 spiro atoms. The van der Waals surface area contributed by atoms with E-state index < -0.39 is 0 Å². The maximum absolute atomic E-state index is 12.8. The highest BCUT2D eigenvalue weighted by atomic mass is 16.1. The van der Waals surface area contributed by atoms with E-state index in [1.54, 1.807) is 12.4 Å². The zero-order valence-electron chi connectivity index (χ0n) is 17.4. The van der Waals surface area contributed by atoms with Crippen molar-refractivity contribution < 1.29 is 4.79 Å². The SMILES string of the molecule is CN(CCNC(=O)[C@H]1CCCN(c2cnc3nccnc3c2)C1)C1CCCCC1. The minimum atomic E-state index is 0.0290. The summed E-state index contributed by atoms with van der Waals surface area (Å²) in [6.45, 7) is 3.34. The molecule has 1 amide bonds. The molecule has 0 aromatic carbocycles. The molecule has 156 valence electrons. The predicted molar refractivity (Wildman–Crippen MR) is 115 cm³/mol. The Bertz CT molecular complexity index is 822. The number of carbonyl (C=O) groups excluding carboxylic acids is 1. The van der Waals surface area contributed by atoms with Crippen LogP contribution < -0.4 is 10.2 Å². The van der Waals surface area contributed by atoms with Gasteiger partial charge >= 0.3 is 0 Å². The van der Waals surface area contributed by atoms with Gasteiger partial charge < -0.3 is 15.1 Å². The van der Waals surface area contributed by atoms with Gasteiger partial charge in [0.05, 0.1) is 17.8 Å². The first-order valence-corrected chi connectivity index (χ1v) is 11.0. The molecule has 1 saturated heterocycles. The first-order chi connectivity index (χ1) is 14.2. The highest BCUT2D eigenvalue weighted by molar-refractivity contribution is 5.80. The summed E-state index contributed by atoms with van der Waals surface area (Å²) in [5, 5.41) is 3.18. The molecule has 0 bridgehead atoms. The summed E-state index contributed by atoms with van der Waals surface area (Å²) < 4.78 is 0. The van der Waals surface area contributed by atoms with Gasteiger partial charge in [-0.25, -0.2) is 9.97 Å². The summed E-state index contributed by atoms with van der Waals surface area (Å²) in [6, 6.07) is 2.71. The lowest BCUT2D eigenvalue weighted by molar-refractivity contribution is -0.125. The van der Waals surface area contributed by atoms with Crippen molar-refractivity contribution >= 4 is 22.8 Å². The van der Waals surface area contributed by atoms with Crippen LogP contribution in [0.5, 0.6) is 0 Å². The highest BCUT2D eigenvalue weighted by Crippen LogP contribution is 2.24. The second kappa shape index (κ2) is 9.48. The maximum atomic E-state index is 12.8. The van der Waals surface area contributed by atoms with E-state index in [1.807, 2.05) is 12.3 Å². The minimum Gasteiger partial charge on any atom is -0.369 e. The summed E-state index contributed by atoms with van der Waals surface area (Å²) in [4.78, 5) is 30.4. The fourth-order valence-corrected chi connectivity index (χ4v) is 4.65. The van der Waals surface area contributed by atoms with Crippen molar-refractivity contribution in [3.8, 4) is 0 Å². The highest BCUT2D eigenvalue weighted by Gasteiger charge is 2.26. The van der Waals surface area contributed by atoms with Crippen molar-refractivity contribution in [2.75, 3.05) is 38.1 Å². The monoisotopic (exact) mass is 396 g/mol. The second-order valence-corrected chi connectivity index (χ2v) is 8.44. The summed E-state index contributed by atoms with van der Waals surface area (Å²) >= 11 is 0. The molecule has 2 aromatic heterocycles. The lowest BCUT2D eigenvalue weighted by atomic mass is 9.94. The molecule has 1 aliphatic carbocycles. The molecule has 1 atom stereocenters. The predicted octanol–water partition coefficient (Wildman–Crippen LogP) is 2.62. The van der Waals surface area contributed by atoms with Crippen molar-refractivity contribution in [1.29, 1.82) is 0 Å². The molecule has 0 unspecified atom stereocenters. The van der Waals surface area contributed by atoms with Crippen molar-refractivity contribution in [3.05, 3.63) is 24.7 Å². The standard InChI is InChI=1S/C22H32N6O/c1-27(18-7-3-2-4-8-18)13-11-25-22(29)17-6-5-12-28(16-17)19-14-20-21(26-15-19)24-10-9-23-20/h9-10,14-15,17-18H,2-8,11-13,16H2,1H3,(H,25,29)/t17-/m0/s1. The molecule has 1 N–H and O–H groups in total. The number of nitrogens with one attached hydrogen (secondary N) is 1. The van der Waals surface area contributed by atoms with Crippen LogP contribution >= 0.6 is 0 Å². The number of carbonyl (C=O) groups is 1. The van der Waals surface area contributed by atoms with E-state index in [-0.39, 0.29) is 11.8 Å². The largest absolute Gasteiger partial charge is 0.369 e. The first-order valence-electron chi connectivity index (χ1n) is 11.0. The third kappa shape index (κ3) is 5.01. The number of amides is 1. The van der Waals surface area contributed by atoms with Gasteiger partial charge in [0.2, 0.25) is 5.91 Å². The fourth-order valence-electron chi connectivity index (χ4n) is 4.65. The summed E-state index contributed by atoms with van der Waals surface area (Å²) in [6.07, 6.45) is 13.8. The van der Waals surface area contributed by atoms with Gasteiger partial charge in [0.1, 0.15) is 5.52 Å². The van der Waals surface area contributed by atoms with Crippen molar-refractivity contribution in [1.82, 2.24) is 25.2 Å². The number of nitrogens with zero attached hydrogens (tertiary/aromatic N) is 5. The second-order valence-electron chi connectivity index (χ2n) is 8.44. The lowest BCUT2D eigenvalue weighted by Gasteiger charge is -2.34. The van der Waals surface area contributed by atoms with Crippen LogP contribution in [0.15, 0.2) is 24.7 Å². The number of anilines is 1. The van der Waals surface area contributed by atoms with E-state index >= 15 is 0 Å².